The number of anilines is 2. The van der Waals surface area contributed by atoms with Crippen molar-refractivity contribution < 1.29 is 30.3 Å². The Morgan fingerprint density at radius 1 is 1.32 bits per heavy atom. The molecular formula is C13H20N6O6. The molecule has 1 aliphatic rings. The maximum absolute atomic E-state index is 10.1. The summed E-state index contributed by atoms with van der Waals surface area (Å²) in [5.41, 5.74) is 5.98. The zero-order chi connectivity index (χ0) is 18.4. The molecule has 138 valence electrons. The van der Waals surface area contributed by atoms with Crippen LogP contribution in [0.1, 0.15) is 19.6 Å². The van der Waals surface area contributed by atoms with Crippen molar-refractivity contribution in [3.63, 3.8) is 0 Å². The lowest BCUT2D eigenvalue weighted by Gasteiger charge is -2.22. The molecule has 3 heterocycles. The van der Waals surface area contributed by atoms with E-state index in [-0.39, 0.29) is 29.4 Å². The number of aliphatic hydroxyl groups is 5. The number of rotatable bonds is 5. The minimum atomic E-state index is -2.22. The van der Waals surface area contributed by atoms with Crippen LogP contribution in [0.15, 0.2) is 6.33 Å². The topological polar surface area (TPSA) is 192 Å². The van der Waals surface area contributed by atoms with E-state index < -0.39 is 37.1 Å². The standard InChI is InChI=1S/C13H20N6O6/c1-2-13(23,24)18-9-6-10(17-12(14)16-9)19(4-15-6)11-8(22)7(21)5(3-20)25-11/h4-5,7-8,11,20-24H,2-3H2,1H3,(H3,14,16,17,18)/t5-,7-,8-,11-/m1/s1. The van der Waals surface area contributed by atoms with E-state index in [0.29, 0.717) is 0 Å². The van der Waals surface area contributed by atoms with Crippen molar-refractivity contribution in [1.82, 2.24) is 19.5 Å². The average molecular weight is 356 g/mol. The fraction of sp³-hybridized carbons (Fsp3) is 0.615. The van der Waals surface area contributed by atoms with Crippen LogP contribution < -0.4 is 11.1 Å². The molecule has 4 atom stereocenters. The summed E-state index contributed by atoms with van der Waals surface area (Å²) in [4.78, 5) is 12.0. The van der Waals surface area contributed by atoms with Crippen LogP contribution in [0.4, 0.5) is 11.8 Å². The first-order valence-corrected chi connectivity index (χ1v) is 7.63. The first kappa shape index (κ1) is 17.7. The molecule has 8 N–H and O–H groups in total. The van der Waals surface area contributed by atoms with Gasteiger partial charge >= 0.3 is 0 Å². The van der Waals surface area contributed by atoms with Crippen molar-refractivity contribution in [2.75, 3.05) is 17.7 Å². The van der Waals surface area contributed by atoms with E-state index in [0.717, 1.165) is 0 Å². The molecule has 12 heteroatoms. The van der Waals surface area contributed by atoms with Crippen molar-refractivity contribution in [3.8, 4) is 0 Å². The molecule has 1 fully saturated rings. The Labute approximate surface area is 141 Å². The molecule has 0 saturated carbocycles. The van der Waals surface area contributed by atoms with Gasteiger partial charge in [0.2, 0.25) is 11.9 Å². The average Bonchev–Trinajstić information content (AvgIpc) is 3.09. The van der Waals surface area contributed by atoms with Gasteiger partial charge in [-0.1, -0.05) is 6.92 Å². The van der Waals surface area contributed by atoms with Crippen LogP contribution in [0.2, 0.25) is 0 Å². The first-order chi connectivity index (χ1) is 11.8. The minimum Gasteiger partial charge on any atom is -0.394 e. The predicted octanol–water partition coefficient (Wildman–Crippen LogP) is -2.52. The Morgan fingerprint density at radius 2 is 2.04 bits per heavy atom. The maximum Gasteiger partial charge on any atom is 0.245 e. The molecule has 0 radical (unpaired) electrons. The number of nitrogens with zero attached hydrogens (tertiary/aromatic N) is 4. The lowest BCUT2D eigenvalue weighted by molar-refractivity contribution is -0.137. The van der Waals surface area contributed by atoms with E-state index in [1.807, 2.05) is 0 Å². The van der Waals surface area contributed by atoms with E-state index in [4.69, 9.17) is 10.5 Å². The van der Waals surface area contributed by atoms with E-state index >= 15 is 0 Å². The SMILES string of the molecule is CCC(O)(O)Nc1nc(N)nc2c1ncn2[C@@H]1O[C@H](CO)[C@@H](O)[C@H]1O. The van der Waals surface area contributed by atoms with Crippen molar-refractivity contribution in [1.29, 1.82) is 0 Å². The molecule has 3 rings (SSSR count). The number of hydrogen-bond donors (Lipinski definition) is 7. The third-order valence-corrected chi connectivity index (χ3v) is 4.04. The summed E-state index contributed by atoms with van der Waals surface area (Å²) in [5, 5.41) is 51.2. The van der Waals surface area contributed by atoms with Gasteiger partial charge < -0.3 is 41.3 Å². The van der Waals surface area contributed by atoms with E-state index in [2.05, 4.69) is 20.3 Å². The van der Waals surface area contributed by atoms with Crippen LogP contribution in [0, 0.1) is 0 Å². The largest absolute Gasteiger partial charge is 0.394 e. The molecule has 0 spiro atoms. The summed E-state index contributed by atoms with van der Waals surface area (Å²) in [6.45, 7) is 1.08. The highest BCUT2D eigenvalue weighted by Gasteiger charge is 2.44. The number of aliphatic hydroxyl groups excluding tert-OH is 3. The molecule has 2 aromatic rings. The molecule has 1 saturated heterocycles. The van der Waals surface area contributed by atoms with Crippen molar-refractivity contribution >= 4 is 22.9 Å². The molecule has 0 amide bonds. The Bertz CT molecular complexity index is 767. The second kappa shape index (κ2) is 6.33. The fourth-order valence-electron chi connectivity index (χ4n) is 2.59. The number of nitrogens with one attached hydrogen (secondary N) is 1. The van der Waals surface area contributed by atoms with Gasteiger partial charge in [0.25, 0.3) is 0 Å². The number of ether oxygens (including phenoxy) is 1. The summed E-state index contributed by atoms with van der Waals surface area (Å²) in [6.07, 6.45) is -3.38. The zero-order valence-corrected chi connectivity index (χ0v) is 13.3. The van der Waals surface area contributed by atoms with Gasteiger partial charge in [0.1, 0.15) is 18.3 Å². The second-order valence-electron chi connectivity index (χ2n) is 5.78. The Morgan fingerprint density at radius 3 is 2.64 bits per heavy atom. The minimum absolute atomic E-state index is 0.0140. The fourth-order valence-corrected chi connectivity index (χ4v) is 2.59. The van der Waals surface area contributed by atoms with E-state index in [1.54, 1.807) is 6.92 Å². The smallest absolute Gasteiger partial charge is 0.245 e. The number of nitrogen functional groups attached to an aromatic ring is 1. The van der Waals surface area contributed by atoms with Crippen molar-refractivity contribution in [2.24, 2.45) is 0 Å². The summed E-state index contributed by atoms with van der Waals surface area (Å²) in [6, 6.07) is 0. The highest BCUT2D eigenvalue weighted by Crippen LogP contribution is 2.32. The summed E-state index contributed by atoms with van der Waals surface area (Å²) >= 11 is 0. The van der Waals surface area contributed by atoms with Crippen LogP contribution in [-0.2, 0) is 4.74 Å². The molecule has 1 aliphatic heterocycles. The van der Waals surface area contributed by atoms with Crippen LogP contribution >= 0.6 is 0 Å². The number of aromatic nitrogens is 4. The third-order valence-electron chi connectivity index (χ3n) is 4.04. The van der Waals surface area contributed by atoms with Crippen molar-refractivity contribution in [2.45, 2.75) is 43.8 Å². The summed E-state index contributed by atoms with van der Waals surface area (Å²) in [5.74, 6) is -2.41. The Kier molecular flexibility index (Phi) is 4.49. The van der Waals surface area contributed by atoms with Gasteiger partial charge in [-0.15, -0.1) is 0 Å². The van der Waals surface area contributed by atoms with Crippen LogP contribution in [0.5, 0.6) is 0 Å². The lowest BCUT2D eigenvalue weighted by atomic mass is 10.1. The molecular weight excluding hydrogens is 336 g/mol. The van der Waals surface area contributed by atoms with E-state index in [1.165, 1.54) is 10.9 Å². The van der Waals surface area contributed by atoms with Crippen LogP contribution in [0.25, 0.3) is 11.2 Å². The molecule has 0 aliphatic carbocycles. The third kappa shape index (κ3) is 3.10. The Balaban J connectivity index is 2.03. The van der Waals surface area contributed by atoms with Crippen LogP contribution in [0.3, 0.4) is 0 Å². The summed E-state index contributed by atoms with van der Waals surface area (Å²) < 4.78 is 6.77. The second-order valence-corrected chi connectivity index (χ2v) is 5.78. The van der Waals surface area contributed by atoms with Crippen molar-refractivity contribution in [3.05, 3.63) is 6.33 Å². The molecule has 2 aromatic heterocycles. The number of imidazole rings is 1. The summed E-state index contributed by atoms with van der Waals surface area (Å²) in [7, 11) is 0. The molecule has 0 unspecified atom stereocenters. The van der Waals surface area contributed by atoms with Gasteiger partial charge in [-0.2, -0.15) is 9.97 Å². The van der Waals surface area contributed by atoms with Gasteiger partial charge in [0.15, 0.2) is 23.2 Å². The number of fused-ring (bicyclic) bond motifs is 1. The van der Waals surface area contributed by atoms with E-state index in [9.17, 15) is 25.5 Å². The Hall–Kier alpha value is -2.09. The van der Waals surface area contributed by atoms with Crippen LogP contribution in [-0.4, -0.2) is 75.9 Å². The lowest BCUT2D eigenvalue weighted by Crippen LogP contribution is -2.37. The molecule has 12 nitrogen and oxygen atoms in total. The van der Waals surface area contributed by atoms with Gasteiger partial charge in [0.05, 0.1) is 12.9 Å². The monoisotopic (exact) mass is 356 g/mol. The van der Waals surface area contributed by atoms with Gasteiger partial charge in [0, 0.05) is 6.42 Å². The van der Waals surface area contributed by atoms with Gasteiger partial charge in [-0.3, -0.25) is 4.57 Å². The predicted molar refractivity (Wildman–Crippen MR) is 83.8 cm³/mol. The first-order valence-electron chi connectivity index (χ1n) is 7.63. The quantitative estimate of drug-likeness (QED) is 0.280. The number of nitrogens with two attached hydrogens (primary N) is 1. The number of hydrogen-bond acceptors (Lipinski definition) is 11. The zero-order valence-electron chi connectivity index (χ0n) is 13.3. The molecule has 25 heavy (non-hydrogen) atoms. The van der Waals surface area contributed by atoms with Gasteiger partial charge in [-0.25, -0.2) is 4.98 Å². The maximum atomic E-state index is 10.1. The molecule has 0 bridgehead atoms. The highest BCUT2D eigenvalue weighted by atomic mass is 16.6. The normalized spacial score (nSPS) is 27.1. The van der Waals surface area contributed by atoms with Gasteiger partial charge in [-0.05, 0) is 0 Å². The highest BCUT2D eigenvalue weighted by molar-refractivity contribution is 5.84. The molecule has 0 aromatic carbocycles.